The lowest BCUT2D eigenvalue weighted by atomic mass is 9.79. The van der Waals surface area contributed by atoms with Crippen LogP contribution in [0.15, 0.2) is 0 Å². The van der Waals surface area contributed by atoms with E-state index < -0.39 is 39.9 Å². The van der Waals surface area contributed by atoms with E-state index in [1.165, 1.54) is 51.0 Å². The zero-order chi connectivity index (χ0) is 36.3. The van der Waals surface area contributed by atoms with E-state index in [4.69, 9.17) is 36.0 Å². The van der Waals surface area contributed by atoms with Crippen molar-refractivity contribution in [2.75, 3.05) is 47.3 Å². The first kappa shape index (κ1) is 43.9. The van der Waals surface area contributed by atoms with Gasteiger partial charge < -0.3 is 46.2 Å². The van der Waals surface area contributed by atoms with E-state index in [-0.39, 0.29) is 6.10 Å². The van der Waals surface area contributed by atoms with E-state index >= 15 is 0 Å². The smallest absolute Gasteiger partial charge is 0.326 e. The summed E-state index contributed by atoms with van der Waals surface area (Å²) in [6.07, 6.45) is 10.6. The molecule has 0 amide bonds. The lowest BCUT2D eigenvalue weighted by molar-refractivity contribution is 0.0515. The summed E-state index contributed by atoms with van der Waals surface area (Å²) >= 11 is 0. The van der Waals surface area contributed by atoms with Crippen molar-refractivity contribution in [3.63, 3.8) is 0 Å². The summed E-state index contributed by atoms with van der Waals surface area (Å²) in [6.45, 7) is 20.5. The topological polar surface area (TPSA) is 121 Å². The Kier molecular flexibility index (Phi) is 18.1. The molecule has 14 heteroatoms. The summed E-state index contributed by atoms with van der Waals surface area (Å²) < 4.78 is 46.8. The molecule has 10 atom stereocenters. The van der Waals surface area contributed by atoms with Crippen LogP contribution in [-0.2, 0) is 36.0 Å². The summed E-state index contributed by atoms with van der Waals surface area (Å²) in [4.78, 5) is 0. The molecule has 0 aromatic heterocycles. The first-order valence-electron chi connectivity index (χ1n) is 19.3. The third kappa shape index (κ3) is 17.4. The molecular weight excluding hydrogens is 693 g/mol. The van der Waals surface area contributed by atoms with Crippen LogP contribution in [0.5, 0.6) is 0 Å². The Hall–Kier alpha value is 0.468. The number of ether oxygens (including phenoxy) is 4. The summed E-state index contributed by atoms with van der Waals surface area (Å²) in [6, 6.07) is 4.05. The SMILES string of the molecule is CO[Si](C)(CCC1CCC2OC2C1)O[Si](C)(C)CCC1CCC(O)C(C)C1.CO[Si](C)(CCOCC1CO1)O[Si](C)(C)CCOCC(C)O. The molecule has 10 nitrogen and oxygen atoms in total. The van der Waals surface area contributed by atoms with Gasteiger partial charge in [-0.2, -0.15) is 0 Å². The first-order valence-corrected chi connectivity index (χ1v) is 30.5. The molecule has 2 heterocycles. The van der Waals surface area contributed by atoms with Crippen molar-refractivity contribution in [1.29, 1.82) is 0 Å². The molecule has 0 spiro atoms. The third-order valence-electron chi connectivity index (χ3n) is 11.0. The zero-order valence-corrected chi connectivity index (χ0v) is 36.8. The molecule has 0 aromatic rings. The number of epoxide rings is 2. The monoisotopic (exact) mass is 766 g/mol. The van der Waals surface area contributed by atoms with E-state index in [0.29, 0.717) is 50.7 Å². The highest BCUT2D eigenvalue weighted by molar-refractivity contribution is 6.83. The molecule has 2 N–H and O–H groups in total. The summed E-state index contributed by atoms with van der Waals surface area (Å²) in [7, 11) is -4.27. The van der Waals surface area contributed by atoms with Gasteiger partial charge in [0.15, 0.2) is 16.6 Å². The Balaban J connectivity index is 0.000000272. The molecule has 0 radical (unpaired) electrons. The van der Waals surface area contributed by atoms with Crippen LogP contribution in [0.25, 0.3) is 0 Å². The van der Waals surface area contributed by atoms with E-state index in [2.05, 4.69) is 46.2 Å². The van der Waals surface area contributed by atoms with Crippen molar-refractivity contribution < 1.29 is 46.2 Å². The maximum Gasteiger partial charge on any atom is 0.326 e. The minimum Gasteiger partial charge on any atom is -0.436 e. The van der Waals surface area contributed by atoms with Gasteiger partial charge in [-0.25, -0.2) is 0 Å². The first-order chi connectivity index (χ1) is 23.0. The van der Waals surface area contributed by atoms with Crippen LogP contribution in [0.2, 0.25) is 63.5 Å². The highest BCUT2D eigenvalue weighted by atomic mass is 28.4. The quantitative estimate of drug-likeness (QED) is 0.0691. The number of hydrogen-bond donors (Lipinski definition) is 2. The molecule has 2 saturated heterocycles. The van der Waals surface area contributed by atoms with Crippen LogP contribution in [0.4, 0.5) is 0 Å². The van der Waals surface area contributed by atoms with Crippen LogP contribution in [0.1, 0.15) is 65.2 Å². The van der Waals surface area contributed by atoms with Gasteiger partial charge in [-0.15, -0.1) is 0 Å². The predicted molar refractivity (Wildman–Crippen MR) is 204 cm³/mol. The normalized spacial score (nSPS) is 31.5. The van der Waals surface area contributed by atoms with E-state index in [1.54, 1.807) is 14.0 Å². The molecule has 0 aromatic carbocycles. The van der Waals surface area contributed by atoms with Crippen molar-refractivity contribution in [2.45, 2.75) is 159 Å². The predicted octanol–water partition coefficient (Wildman–Crippen LogP) is 6.81. The summed E-state index contributed by atoms with van der Waals surface area (Å²) in [5.41, 5.74) is 0. The fourth-order valence-corrected chi connectivity index (χ4v) is 22.6. The summed E-state index contributed by atoms with van der Waals surface area (Å²) in [5, 5.41) is 19.1. The van der Waals surface area contributed by atoms with Gasteiger partial charge in [0, 0.05) is 33.5 Å². The van der Waals surface area contributed by atoms with Crippen molar-refractivity contribution in [3.05, 3.63) is 0 Å². The molecule has 2 aliphatic carbocycles. The van der Waals surface area contributed by atoms with E-state index in [0.717, 1.165) is 43.0 Å². The number of fused-ring (bicyclic) bond motifs is 1. The molecule has 2 aliphatic heterocycles. The molecule has 49 heavy (non-hydrogen) atoms. The van der Waals surface area contributed by atoms with Gasteiger partial charge in [0.2, 0.25) is 0 Å². The van der Waals surface area contributed by atoms with Crippen molar-refractivity contribution >= 4 is 33.8 Å². The van der Waals surface area contributed by atoms with E-state index in [1.807, 2.05) is 7.11 Å². The molecule has 4 fully saturated rings. The second-order valence-corrected chi connectivity index (χ2v) is 33.1. The Morgan fingerprint density at radius 3 is 1.90 bits per heavy atom. The van der Waals surface area contributed by atoms with Gasteiger partial charge in [0.1, 0.15) is 6.10 Å². The van der Waals surface area contributed by atoms with Gasteiger partial charge in [-0.3, -0.25) is 0 Å². The largest absolute Gasteiger partial charge is 0.436 e. The van der Waals surface area contributed by atoms with Crippen LogP contribution in [0.3, 0.4) is 0 Å². The second kappa shape index (κ2) is 20.2. The second-order valence-electron chi connectivity index (χ2n) is 17.0. The maximum atomic E-state index is 9.96. The number of aliphatic hydroxyl groups excluding tert-OH is 2. The minimum atomic E-state index is -2.20. The average molecular weight is 767 g/mol. The van der Waals surface area contributed by atoms with Crippen molar-refractivity contribution in [1.82, 2.24) is 0 Å². The Labute approximate surface area is 303 Å². The molecular formula is C35H74O10Si4. The Morgan fingerprint density at radius 2 is 1.31 bits per heavy atom. The van der Waals surface area contributed by atoms with Crippen LogP contribution in [-0.4, -0.2) is 122 Å². The molecule has 0 bridgehead atoms. The van der Waals surface area contributed by atoms with Crippen LogP contribution in [0, 0.1) is 17.8 Å². The lowest BCUT2D eigenvalue weighted by Gasteiger charge is -2.37. The van der Waals surface area contributed by atoms with E-state index in [9.17, 15) is 10.2 Å². The van der Waals surface area contributed by atoms with Crippen molar-refractivity contribution in [2.24, 2.45) is 17.8 Å². The maximum absolute atomic E-state index is 9.96. The number of rotatable bonds is 22. The van der Waals surface area contributed by atoms with Gasteiger partial charge >= 0.3 is 17.1 Å². The molecule has 290 valence electrons. The fourth-order valence-electron chi connectivity index (χ4n) is 7.39. The van der Waals surface area contributed by atoms with Gasteiger partial charge in [0.25, 0.3) is 0 Å². The number of aliphatic hydroxyl groups is 2. The lowest BCUT2D eigenvalue weighted by Crippen LogP contribution is -2.49. The molecule has 2 saturated carbocycles. The molecule has 4 aliphatic rings. The van der Waals surface area contributed by atoms with Gasteiger partial charge in [-0.1, -0.05) is 13.3 Å². The minimum absolute atomic E-state index is 0.0805. The summed E-state index contributed by atoms with van der Waals surface area (Å²) in [5.74, 6) is 2.03. The molecule has 4 rings (SSSR count). The van der Waals surface area contributed by atoms with Crippen LogP contribution < -0.4 is 0 Å². The Morgan fingerprint density at radius 1 is 0.735 bits per heavy atom. The van der Waals surface area contributed by atoms with Gasteiger partial charge in [-0.05, 0) is 127 Å². The Bertz CT molecular complexity index is 944. The van der Waals surface area contributed by atoms with Gasteiger partial charge in [0.05, 0.1) is 44.2 Å². The highest BCUT2D eigenvalue weighted by Gasteiger charge is 2.45. The molecule has 10 unspecified atom stereocenters. The van der Waals surface area contributed by atoms with Crippen molar-refractivity contribution in [3.8, 4) is 0 Å². The average Bonchev–Trinajstić information content (AvgIpc) is 3.97. The van der Waals surface area contributed by atoms with Crippen LogP contribution >= 0.6 is 0 Å². The fraction of sp³-hybridized carbons (Fsp3) is 1.00. The number of hydrogen-bond acceptors (Lipinski definition) is 10. The highest BCUT2D eigenvalue weighted by Crippen LogP contribution is 2.42. The standard InChI is InChI=1S/C21H42O4Si2.C14H32O6Si2/c1-16-14-17(6-8-19(16)22)10-12-26(3,4)25-27(5,23-2)13-11-18-7-9-20-21(15-18)24-20;1-13(15)10-17-6-8-21(3,4)20-22(5,16-2)9-7-18-11-14-12-19-14/h16-22H,6-15H2,1-5H3;13-15H,6-12H2,1-5H3. The third-order valence-corrected chi connectivity index (χ3v) is 25.8. The zero-order valence-electron chi connectivity index (χ0n) is 32.8.